The molecule has 1 aromatic carbocycles. The Balaban J connectivity index is 1.87. The number of nitrogens with zero attached hydrogens (tertiary/aromatic N) is 2. The molecule has 0 spiro atoms. The van der Waals surface area contributed by atoms with Gasteiger partial charge >= 0.3 is 0 Å². The van der Waals surface area contributed by atoms with E-state index in [0.29, 0.717) is 5.13 Å². The van der Waals surface area contributed by atoms with E-state index in [9.17, 15) is 4.79 Å². The molecule has 0 fully saturated rings. The summed E-state index contributed by atoms with van der Waals surface area (Å²) in [7, 11) is 0. The van der Waals surface area contributed by atoms with Crippen molar-refractivity contribution in [1.82, 2.24) is 15.5 Å². The third-order valence-electron chi connectivity index (χ3n) is 2.20. The molecule has 0 unspecified atom stereocenters. The average Bonchev–Trinajstić information content (AvgIpc) is 2.90. The lowest BCUT2D eigenvalue weighted by Crippen LogP contribution is -2.25. The molecule has 2 N–H and O–H groups in total. The van der Waals surface area contributed by atoms with E-state index < -0.39 is 0 Å². The maximum absolute atomic E-state index is 11.4. The number of hydrogen-bond donors (Lipinski definition) is 2. The maximum Gasteiger partial charge on any atom is 0.231 e. The van der Waals surface area contributed by atoms with Gasteiger partial charge in [0.2, 0.25) is 11.0 Å². The number of anilines is 2. The van der Waals surface area contributed by atoms with E-state index >= 15 is 0 Å². The Bertz CT molecular complexity index is 668. The second kappa shape index (κ2) is 8.02. The molecule has 0 saturated heterocycles. The zero-order valence-electron chi connectivity index (χ0n) is 10.8. The molecule has 0 radical (unpaired) electrons. The molecular formula is C13H11BrN4OS2. The van der Waals surface area contributed by atoms with Crippen LogP contribution in [0.5, 0.6) is 0 Å². The Labute approximate surface area is 139 Å². The SMILES string of the molecule is C#CCNC(=O)CSc1nnc(Nc2cccc(Br)c2)s1. The van der Waals surface area contributed by atoms with E-state index in [4.69, 9.17) is 6.42 Å². The fourth-order valence-corrected chi connectivity index (χ4v) is 3.34. The van der Waals surface area contributed by atoms with Crippen LogP contribution in [0.1, 0.15) is 0 Å². The van der Waals surface area contributed by atoms with Crippen molar-refractivity contribution in [2.75, 3.05) is 17.6 Å². The van der Waals surface area contributed by atoms with Gasteiger partial charge in [-0.3, -0.25) is 4.79 Å². The quantitative estimate of drug-likeness (QED) is 0.593. The number of hydrogen-bond acceptors (Lipinski definition) is 6. The van der Waals surface area contributed by atoms with Crippen LogP contribution in [-0.4, -0.2) is 28.4 Å². The van der Waals surface area contributed by atoms with Crippen LogP contribution in [-0.2, 0) is 4.79 Å². The van der Waals surface area contributed by atoms with Gasteiger partial charge in [0, 0.05) is 10.2 Å². The number of carbonyl (C=O) groups excluding carboxylic acids is 1. The van der Waals surface area contributed by atoms with Crippen molar-refractivity contribution < 1.29 is 4.79 Å². The summed E-state index contributed by atoms with van der Waals surface area (Å²) in [5.74, 6) is 2.51. The minimum atomic E-state index is -0.116. The molecule has 0 bridgehead atoms. The number of halogens is 1. The maximum atomic E-state index is 11.4. The van der Waals surface area contributed by atoms with Gasteiger partial charge in [0.15, 0.2) is 4.34 Å². The standard InChI is InChI=1S/C13H11BrN4OS2/c1-2-6-15-11(19)8-20-13-18-17-12(21-13)16-10-5-3-4-9(14)7-10/h1,3-5,7H,6,8H2,(H,15,19)(H,16,17). The fourth-order valence-electron chi connectivity index (χ4n) is 1.34. The van der Waals surface area contributed by atoms with Crippen molar-refractivity contribution in [3.05, 3.63) is 28.7 Å². The number of benzene rings is 1. The predicted octanol–water partition coefficient (Wildman–Crippen LogP) is 2.89. The average molecular weight is 383 g/mol. The van der Waals surface area contributed by atoms with E-state index in [2.05, 4.69) is 42.7 Å². The molecule has 0 atom stereocenters. The Morgan fingerprint density at radius 3 is 3.10 bits per heavy atom. The highest BCUT2D eigenvalue weighted by Gasteiger charge is 2.08. The van der Waals surface area contributed by atoms with Gasteiger partial charge in [-0.05, 0) is 18.2 Å². The van der Waals surface area contributed by atoms with E-state index in [1.165, 1.54) is 23.1 Å². The van der Waals surface area contributed by atoms with Crippen molar-refractivity contribution in [1.29, 1.82) is 0 Å². The first-order valence-electron chi connectivity index (χ1n) is 5.86. The Hall–Kier alpha value is -1.56. The molecule has 5 nitrogen and oxygen atoms in total. The van der Waals surface area contributed by atoms with Crippen LogP contribution < -0.4 is 10.6 Å². The number of thioether (sulfide) groups is 1. The number of terminal acetylenes is 1. The predicted molar refractivity (Wildman–Crippen MR) is 89.9 cm³/mol. The molecule has 1 amide bonds. The molecule has 1 heterocycles. The van der Waals surface area contributed by atoms with E-state index in [1.807, 2.05) is 24.3 Å². The van der Waals surface area contributed by atoms with Crippen LogP contribution in [0.4, 0.5) is 10.8 Å². The van der Waals surface area contributed by atoms with Crippen molar-refractivity contribution in [3.63, 3.8) is 0 Å². The second-order valence-electron chi connectivity index (χ2n) is 3.78. The zero-order chi connectivity index (χ0) is 15.1. The molecule has 0 aliphatic heterocycles. The van der Waals surface area contributed by atoms with Gasteiger partial charge in [0.1, 0.15) is 0 Å². The van der Waals surface area contributed by atoms with Crippen LogP contribution >= 0.6 is 39.0 Å². The van der Waals surface area contributed by atoms with Crippen molar-refractivity contribution in [3.8, 4) is 12.3 Å². The summed E-state index contributed by atoms with van der Waals surface area (Å²) in [6.07, 6.45) is 5.07. The zero-order valence-corrected chi connectivity index (χ0v) is 14.0. The number of aromatic nitrogens is 2. The van der Waals surface area contributed by atoms with Gasteiger partial charge in [0.05, 0.1) is 12.3 Å². The highest BCUT2D eigenvalue weighted by atomic mass is 79.9. The Morgan fingerprint density at radius 1 is 1.48 bits per heavy atom. The minimum absolute atomic E-state index is 0.116. The molecule has 2 aromatic rings. The minimum Gasteiger partial charge on any atom is -0.344 e. The first-order chi connectivity index (χ1) is 10.2. The normalized spacial score (nSPS) is 9.90. The topological polar surface area (TPSA) is 66.9 Å². The molecule has 2 rings (SSSR count). The smallest absolute Gasteiger partial charge is 0.231 e. The Kier molecular flexibility index (Phi) is 6.04. The van der Waals surface area contributed by atoms with Crippen LogP contribution in [0, 0.1) is 12.3 Å². The van der Waals surface area contributed by atoms with Gasteiger partial charge in [-0.15, -0.1) is 16.6 Å². The molecule has 0 aliphatic rings. The summed E-state index contributed by atoms with van der Waals surface area (Å²) in [4.78, 5) is 11.4. The molecule has 1 aromatic heterocycles. The van der Waals surface area contributed by atoms with Crippen LogP contribution in [0.15, 0.2) is 33.1 Å². The summed E-state index contributed by atoms with van der Waals surface area (Å²) in [6.45, 7) is 0.241. The summed E-state index contributed by atoms with van der Waals surface area (Å²) < 4.78 is 1.71. The first kappa shape index (κ1) is 15.8. The van der Waals surface area contributed by atoms with Crippen LogP contribution in [0.2, 0.25) is 0 Å². The van der Waals surface area contributed by atoms with Crippen LogP contribution in [0.25, 0.3) is 0 Å². The summed E-state index contributed by atoms with van der Waals surface area (Å²) in [5.41, 5.74) is 0.920. The summed E-state index contributed by atoms with van der Waals surface area (Å²) >= 11 is 6.13. The van der Waals surface area contributed by atoms with E-state index in [-0.39, 0.29) is 18.2 Å². The van der Waals surface area contributed by atoms with Crippen molar-refractivity contribution in [2.45, 2.75) is 4.34 Å². The van der Waals surface area contributed by atoms with Gasteiger partial charge < -0.3 is 10.6 Å². The molecular weight excluding hydrogens is 372 g/mol. The van der Waals surface area contributed by atoms with Gasteiger partial charge in [-0.25, -0.2) is 0 Å². The number of rotatable bonds is 6. The fraction of sp³-hybridized carbons (Fsp3) is 0.154. The molecule has 0 saturated carbocycles. The monoisotopic (exact) mass is 382 g/mol. The van der Waals surface area contributed by atoms with Crippen molar-refractivity contribution >= 4 is 55.8 Å². The van der Waals surface area contributed by atoms with E-state index in [1.54, 1.807) is 0 Å². The second-order valence-corrected chi connectivity index (χ2v) is 6.89. The van der Waals surface area contributed by atoms with Gasteiger partial charge in [-0.2, -0.15) is 0 Å². The third-order valence-corrected chi connectivity index (χ3v) is 4.66. The van der Waals surface area contributed by atoms with Gasteiger partial charge in [-0.1, -0.05) is 51.0 Å². The van der Waals surface area contributed by atoms with Gasteiger partial charge in [0.25, 0.3) is 0 Å². The number of amides is 1. The molecule has 21 heavy (non-hydrogen) atoms. The highest BCUT2D eigenvalue weighted by Crippen LogP contribution is 2.28. The lowest BCUT2D eigenvalue weighted by molar-refractivity contribution is -0.118. The molecule has 108 valence electrons. The van der Waals surface area contributed by atoms with Crippen molar-refractivity contribution in [2.24, 2.45) is 0 Å². The Morgan fingerprint density at radius 2 is 2.33 bits per heavy atom. The highest BCUT2D eigenvalue weighted by molar-refractivity contribution is 9.10. The molecule has 8 heteroatoms. The third kappa shape index (κ3) is 5.38. The first-order valence-corrected chi connectivity index (χ1v) is 8.46. The lowest BCUT2D eigenvalue weighted by Gasteiger charge is -2.01. The van der Waals surface area contributed by atoms with E-state index in [0.717, 1.165) is 14.5 Å². The molecule has 0 aliphatic carbocycles. The summed E-state index contributed by atoms with van der Waals surface area (Å²) in [5, 5.41) is 14.5. The summed E-state index contributed by atoms with van der Waals surface area (Å²) in [6, 6.07) is 7.76. The van der Waals surface area contributed by atoms with Crippen LogP contribution in [0.3, 0.4) is 0 Å². The number of nitrogens with one attached hydrogen (secondary N) is 2. The number of carbonyl (C=O) groups is 1. The lowest BCUT2D eigenvalue weighted by atomic mass is 10.3. The largest absolute Gasteiger partial charge is 0.344 e.